The summed E-state index contributed by atoms with van der Waals surface area (Å²) in [4.78, 5) is 12.6. The number of carbonyl (C=O) groups excluding carboxylic acids is 1. The van der Waals surface area contributed by atoms with E-state index in [0.717, 1.165) is 38.5 Å². The minimum absolute atomic E-state index is 0.0227. The first-order valence-corrected chi connectivity index (χ1v) is 15.3. The average Bonchev–Trinajstić information content (AvgIpc) is 3.54. The van der Waals surface area contributed by atoms with Crippen LogP contribution in [-0.4, -0.2) is 25.7 Å². The first-order valence-electron chi connectivity index (χ1n) is 13.5. The molecule has 34 heavy (non-hydrogen) atoms. The fraction of sp³-hybridized carbons (Fsp3) is 0.767. The van der Waals surface area contributed by atoms with Crippen molar-refractivity contribution in [1.29, 1.82) is 0 Å². The van der Waals surface area contributed by atoms with E-state index in [1.165, 1.54) is 24.0 Å². The third-order valence-electron chi connectivity index (χ3n) is 8.68. The summed E-state index contributed by atoms with van der Waals surface area (Å²) in [5.41, 5.74) is 2.90. The largest absolute Gasteiger partial charge is 0.299 e. The summed E-state index contributed by atoms with van der Waals surface area (Å²) in [5.74, 6) is 2.14. The van der Waals surface area contributed by atoms with Crippen LogP contribution in [0.5, 0.6) is 0 Å². The van der Waals surface area contributed by atoms with Crippen molar-refractivity contribution in [1.82, 2.24) is 0 Å². The maximum absolute atomic E-state index is 12.6. The third-order valence-corrected chi connectivity index (χ3v) is 10.9. The van der Waals surface area contributed by atoms with Gasteiger partial charge in [0.15, 0.2) is 9.84 Å². The fourth-order valence-electron chi connectivity index (χ4n) is 6.42. The second kappa shape index (κ2) is 10.1. The van der Waals surface area contributed by atoms with Gasteiger partial charge in [-0.1, -0.05) is 71.4 Å². The van der Waals surface area contributed by atoms with E-state index in [0.29, 0.717) is 23.2 Å². The summed E-state index contributed by atoms with van der Waals surface area (Å²) in [6.07, 6.45) is 8.21. The molecule has 3 aliphatic rings. The van der Waals surface area contributed by atoms with Crippen LogP contribution in [0.4, 0.5) is 0 Å². The number of aryl methyl sites for hydroxylation is 1. The number of carbonyl (C=O) groups is 1. The predicted octanol–water partition coefficient (Wildman–Crippen LogP) is 7.31. The number of benzene rings is 1. The van der Waals surface area contributed by atoms with E-state index in [-0.39, 0.29) is 28.1 Å². The Balaban J connectivity index is 0.000000248. The Kier molecular flexibility index (Phi) is 8.12. The molecular weight excluding hydrogens is 440 g/mol. The number of ketones is 1. The molecule has 3 nitrogen and oxygen atoms in total. The van der Waals surface area contributed by atoms with Gasteiger partial charge in [0.1, 0.15) is 5.78 Å². The van der Waals surface area contributed by atoms with Crippen LogP contribution in [0.15, 0.2) is 24.3 Å². The maximum Gasteiger partial charge on any atom is 0.151 e. The van der Waals surface area contributed by atoms with Gasteiger partial charge in [-0.2, -0.15) is 0 Å². The van der Waals surface area contributed by atoms with E-state index < -0.39 is 9.84 Å². The summed E-state index contributed by atoms with van der Waals surface area (Å²) in [6, 6.07) is 8.74. The van der Waals surface area contributed by atoms with Crippen molar-refractivity contribution < 1.29 is 13.2 Å². The molecule has 0 saturated heterocycles. The Morgan fingerprint density at radius 2 is 1.50 bits per heavy atom. The van der Waals surface area contributed by atoms with Gasteiger partial charge in [0, 0.05) is 11.3 Å². The highest BCUT2D eigenvalue weighted by Gasteiger charge is 2.55. The van der Waals surface area contributed by atoms with Crippen molar-refractivity contribution in [3.05, 3.63) is 35.4 Å². The first-order chi connectivity index (χ1) is 15.7. The molecule has 1 aromatic rings. The highest BCUT2D eigenvalue weighted by atomic mass is 32.2. The smallest absolute Gasteiger partial charge is 0.151 e. The SMILES string of the molecule is CC(C)CS(=O)(=O)CC1(C2CC2)CCC2(CCC(C)C2=O)CC1.Cc1ccc(C(C)(C)C)cc1. The molecule has 0 aromatic heterocycles. The predicted molar refractivity (Wildman–Crippen MR) is 143 cm³/mol. The zero-order valence-corrected chi connectivity index (χ0v) is 23.6. The van der Waals surface area contributed by atoms with Crippen LogP contribution in [0.25, 0.3) is 0 Å². The lowest BCUT2D eigenvalue weighted by Gasteiger charge is -2.45. The lowest BCUT2D eigenvalue weighted by Crippen LogP contribution is -2.43. The molecule has 3 aliphatic carbocycles. The monoisotopic (exact) mass is 488 g/mol. The molecule has 0 N–H and O–H groups in total. The van der Waals surface area contributed by atoms with Gasteiger partial charge in [0.2, 0.25) is 0 Å². The summed E-state index contributed by atoms with van der Waals surface area (Å²) < 4.78 is 25.2. The van der Waals surface area contributed by atoms with Gasteiger partial charge < -0.3 is 0 Å². The Morgan fingerprint density at radius 3 is 1.91 bits per heavy atom. The highest BCUT2D eigenvalue weighted by Crippen LogP contribution is 2.60. The number of hydrogen-bond acceptors (Lipinski definition) is 3. The normalized spacial score (nSPS) is 29.9. The maximum atomic E-state index is 12.6. The summed E-state index contributed by atoms with van der Waals surface area (Å²) in [7, 11) is -2.99. The van der Waals surface area contributed by atoms with E-state index in [2.05, 4.69) is 58.9 Å². The molecular formula is C30H48O3S. The molecule has 192 valence electrons. The van der Waals surface area contributed by atoms with Gasteiger partial charge in [-0.3, -0.25) is 4.79 Å². The van der Waals surface area contributed by atoms with Crippen molar-refractivity contribution in [2.45, 2.75) is 105 Å². The van der Waals surface area contributed by atoms with E-state index in [1.54, 1.807) is 0 Å². The van der Waals surface area contributed by atoms with Crippen LogP contribution >= 0.6 is 0 Å². The van der Waals surface area contributed by atoms with E-state index in [9.17, 15) is 13.2 Å². The third kappa shape index (κ3) is 6.53. The summed E-state index contributed by atoms with van der Waals surface area (Å²) in [6.45, 7) is 14.8. The Labute approximate surface area is 209 Å². The van der Waals surface area contributed by atoms with Gasteiger partial charge in [-0.05, 0) is 86.5 Å². The molecule has 0 amide bonds. The van der Waals surface area contributed by atoms with Crippen molar-refractivity contribution in [2.75, 3.05) is 11.5 Å². The minimum atomic E-state index is -2.99. The minimum Gasteiger partial charge on any atom is -0.299 e. The lowest BCUT2D eigenvalue weighted by atomic mass is 9.61. The molecule has 1 spiro atoms. The van der Waals surface area contributed by atoms with Crippen LogP contribution in [0.3, 0.4) is 0 Å². The molecule has 3 saturated carbocycles. The number of Topliss-reactive ketones (excluding diaryl/α,β-unsaturated/α-hetero) is 1. The molecule has 0 bridgehead atoms. The van der Waals surface area contributed by atoms with Crippen molar-refractivity contribution in [2.24, 2.45) is 28.6 Å². The zero-order valence-electron chi connectivity index (χ0n) is 22.7. The van der Waals surface area contributed by atoms with Crippen LogP contribution in [0.2, 0.25) is 0 Å². The second-order valence-electron chi connectivity index (χ2n) is 13.3. The number of rotatable bonds is 5. The highest BCUT2D eigenvalue weighted by molar-refractivity contribution is 7.91. The van der Waals surface area contributed by atoms with Gasteiger partial charge in [-0.25, -0.2) is 8.42 Å². The Hall–Kier alpha value is -1.16. The molecule has 0 aliphatic heterocycles. The van der Waals surface area contributed by atoms with Crippen molar-refractivity contribution >= 4 is 15.6 Å². The number of sulfone groups is 1. The van der Waals surface area contributed by atoms with E-state index >= 15 is 0 Å². The standard InChI is InChI=1S/C19H32O3S.C11H16/c1-14(2)12-23(21,22)13-19(16-4-5-16)10-8-18(9-11-19)7-6-15(3)17(18)20;1-9-5-7-10(8-6-9)11(2,3)4/h14-16H,4-13H2,1-3H3;5-8H,1-4H3. The Bertz CT molecular complexity index is 938. The number of hydrogen-bond donors (Lipinski definition) is 0. The molecule has 1 unspecified atom stereocenters. The van der Waals surface area contributed by atoms with Crippen LogP contribution in [-0.2, 0) is 20.0 Å². The Morgan fingerprint density at radius 1 is 0.941 bits per heavy atom. The topological polar surface area (TPSA) is 51.2 Å². The molecule has 3 fully saturated rings. The van der Waals surface area contributed by atoms with E-state index in [1.807, 2.05) is 13.8 Å². The van der Waals surface area contributed by atoms with Gasteiger partial charge in [-0.15, -0.1) is 0 Å². The van der Waals surface area contributed by atoms with Gasteiger partial charge >= 0.3 is 0 Å². The van der Waals surface area contributed by atoms with Crippen LogP contribution < -0.4 is 0 Å². The van der Waals surface area contributed by atoms with Crippen molar-refractivity contribution in [3.8, 4) is 0 Å². The molecule has 1 aromatic carbocycles. The molecule has 1 atom stereocenters. The average molecular weight is 489 g/mol. The van der Waals surface area contributed by atoms with Gasteiger partial charge in [0.05, 0.1) is 11.5 Å². The summed E-state index contributed by atoms with van der Waals surface area (Å²) >= 11 is 0. The lowest BCUT2D eigenvalue weighted by molar-refractivity contribution is -0.131. The van der Waals surface area contributed by atoms with Crippen LogP contribution in [0, 0.1) is 35.5 Å². The molecule has 0 radical (unpaired) electrons. The molecule has 0 heterocycles. The fourth-order valence-corrected chi connectivity index (χ4v) is 8.95. The molecule has 4 heteroatoms. The molecule has 4 rings (SSSR count). The zero-order chi connectivity index (χ0) is 25.4. The van der Waals surface area contributed by atoms with Gasteiger partial charge in [0.25, 0.3) is 0 Å². The van der Waals surface area contributed by atoms with Crippen molar-refractivity contribution in [3.63, 3.8) is 0 Å². The quantitative estimate of drug-likeness (QED) is 0.437. The first kappa shape index (κ1) is 27.4. The summed E-state index contributed by atoms with van der Waals surface area (Å²) in [5, 5.41) is 0. The second-order valence-corrected chi connectivity index (χ2v) is 15.4. The van der Waals surface area contributed by atoms with Crippen LogP contribution in [0.1, 0.15) is 104 Å². The van der Waals surface area contributed by atoms with E-state index in [4.69, 9.17) is 0 Å².